The summed E-state index contributed by atoms with van der Waals surface area (Å²) in [4.78, 5) is 25.3. The van der Waals surface area contributed by atoms with E-state index in [4.69, 9.17) is 38.4 Å². The van der Waals surface area contributed by atoms with Crippen LogP contribution >= 0.6 is 39.1 Å². The van der Waals surface area contributed by atoms with E-state index in [-0.39, 0.29) is 25.6 Å². The molecule has 0 spiro atoms. The first kappa shape index (κ1) is 35.1. The fourth-order valence-electron chi connectivity index (χ4n) is 5.55. The van der Waals surface area contributed by atoms with Crippen molar-refractivity contribution in [1.82, 2.24) is 5.32 Å². The van der Waals surface area contributed by atoms with Gasteiger partial charge < -0.3 is 25.8 Å². The molecule has 0 unspecified atom stereocenters. The van der Waals surface area contributed by atoms with Gasteiger partial charge in [0.05, 0.1) is 46.6 Å². The maximum Gasteiger partial charge on any atom is 0.338 e. The van der Waals surface area contributed by atoms with Gasteiger partial charge in [0.2, 0.25) is 0 Å². The van der Waals surface area contributed by atoms with Gasteiger partial charge in [0.1, 0.15) is 0 Å². The van der Waals surface area contributed by atoms with Crippen LogP contribution in [0.25, 0.3) is 0 Å². The second-order valence-corrected chi connectivity index (χ2v) is 13.1. The molecule has 3 aromatic rings. The quantitative estimate of drug-likeness (QED) is 0.0771. The number of unbranched alkanes of at least 4 members (excludes halogenated alkanes) is 1. The lowest BCUT2D eigenvalue weighted by Crippen LogP contribution is -2.18. The second-order valence-electron chi connectivity index (χ2n) is 11.5. The summed E-state index contributed by atoms with van der Waals surface area (Å²) in [5.74, 6) is 0.110. The molecule has 242 valence electrons. The molecule has 0 heterocycles. The molecule has 10 heteroatoms. The van der Waals surface area contributed by atoms with Gasteiger partial charge in [-0.15, -0.1) is 0 Å². The number of halogens is 3. The molecule has 3 aromatic carbocycles. The number of benzene rings is 3. The molecule has 1 fully saturated rings. The van der Waals surface area contributed by atoms with Gasteiger partial charge in [-0.2, -0.15) is 0 Å². The van der Waals surface area contributed by atoms with E-state index in [1.165, 1.54) is 38.5 Å². The summed E-state index contributed by atoms with van der Waals surface area (Å²) in [6, 6.07) is 16.2. The number of ether oxygens (including phenoxy) is 2. The number of rotatable bonds is 16. The Labute approximate surface area is 284 Å². The first-order valence-corrected chi connectivity index (χ1v) is 17.3. The number of carbonyl (C=O) groups is 2. The van der Waals surface area contributed by atoms with Crippen molar-refractivity contribution in [3.8, 4) is 0 Å². The minimum absolute atomic E-state index is 0.0873. The number of anilines is 3. The Hall–Kier alpha value is -2.78. The zero-order valence-corrected chi connectivity index (χ0v) is 28.6. The van der Waals surface area contributed by atoms with Crippen molar-refractivity contribution in [2.75, 3.05) is 30.8 Å². The van der Waals surface area contributed by atoms with Crippen molar-refractivity contribution in [2.24, 2.45) is 5.92 Å². The third kappa shape index (κ3) is 11.2. The summed E-state index contributed by atoms with van der Waals surface area (Å²) < 4.78 is 11.6. The normalized spacial score (nSPS) is 13.4. The van der Waals surface area contributed by atoms with E-state index in [1.54, 1.807) is 30.3 Å². The summed E-state index contributed by atoms with van der Waals surface area (Å²) in [7, 11) is 0. The van der Waals surface area contributed by atoms with Crippen LogP contribution in [0.4, 0.5) is 17.1 Å². The number of carbonyl (C=O) groups excluding carboxylic acids is 2. The average Bonchev–Trinajstić information content (AvgIpc) is 3.03. The van der Waals surface area contributed by atoms with E-state index in [0.717, 1.165) is 35.7 Å². The SMILES string of the molecule is Nc1c(Br)cc(C(=O)OCCCCOC(=O)Cc2ccccc2Nc2c(Cl)cccc2Cl)cc1CNCCCC1CCCCC1. The van der Waals surface area contributed by atoms with Crippen molar-refractivity contribution in [1.29, 1.82) is 0 Å². The Morgan fingerprint density at radius 3 is 2.36 bits per heavy atom. The lowest BCUT2D eigenvalue weighted by atomic mass is 9.86. The first-order chi connectivity index (χ1) is 21.8. The Kier molecular flexibility index (Phi) is 14.3. The number of esters is 2. The van der Waals surface area contributed by atoms with E-state index < -0.39 is 5.97 Å². The summed E-state index contributed by atoms with van der Waals surface area (Å²) in [5, 5.41) is 7.67. The highest BCUT2D eigenvalue weighted by Crippen LogP contribution is 2.34. The summed E-state index contributed by atoms with van der Waals surface area (Å²) in [6.07, 6.45) is 10.5. The van der Waals surface area contributed by atoms with Gasteiger partial charge in [-0.3, -0.25) is 4.79 Å². The highest BCUT2D eigenvalue weighted by atomic mass is 79.9. The number of hydrogen-bond donors (Lipinski definition) is 3. The molecular weight excluding hydrogens is 677 g/mol. The number of nitrogen functional groups attached to an aromatic ring is 1. The van der Waals surface area contributed by atoms with Crippen molar-refractivity contribution in [2.45, 2.75) is 70.8 Å². The monoisotopic (exact) mass is 717 g/mol. The van der Waals surface area contributed by atoms with Crippen LogP contribution in [0, 0.1) is 5.92 Å². The van der Waals surface area contributed by atoms with Gasteiger partial charge in [0.15, 0.2) is 0 Å². The van der Waals surface area contributed by atoms with Gasteiger partial charge in [-0.1, -0.05) is 79.6 Å². The molecule has 0 amide bonds. The molecule has 0 aliphatic heterocycles. The van der Waals surface area contributed by atoms with E-state index >= 15 is 0 Å². The predicted octanol–water partition coefficient (Wildman–Crippen LogP) is 9.25. The van der Waals surface area contributed by atoms with Crippen LogP contribution < -0.4 is 16.4 Å². The minimum atomic E-state index is -0.408. The second kappa shape index (κ2) is 18.4. The van der Waals surface area contributed by atoms with Crippen LogP contribution in [0.1, 0.15) is 79.3 Å². The topological polar surface area (TPSA) is 103 Å². The number of para-hydroxylation sites is 2. The Morgan fingerprint density at radius 1 is 0.889 bits per heavy atom. The smallest absolute Gasteiger partial charge is 0.338 e. The van der Waals surface area contributed by atoms with Crippen LogP contribution in [-0.4, -0.2) is 31.7 Å². The largest absolute Gasteiger partial charge is 0.465 e. The van der Waals surface area contributed by atoms with Crippen LogP contribution in [-0.2, 0) is 27.2 Å². The Morgan fingerprint density at radius 2 is 1.60 bits per heavy atom. The van der Waals surface area contributed by atoms with Crippen LogP contribution in [0.15, 0.2) is 59.1 Å². The highest BCUT2D eigenvalue weighted by molar-refractivity contribution is 9.10. The van der Waals surface area contributed by atoms with Gasteiger partial charge in [0, 0.05) is 16.7 Å². The fraction of sp³-hybridized carbons (Fsp3) is 0.429. The summed E-state index contributed by atoms with van der Waals surface area (Å²) >= 11 is 16.1. The number of nitrogens with one attached hydrogen (secondary N) is 2. The molecule has 0 radical (unpaired) electrons. The molecule has 1 saturated carbocycles. The maximum atomic E-state index is 12.7. The summed E-state index contributed by atoms with van der Waals surface area (Å²) in [6.45, 7) is 1.97. The molecule has 1 aliphatic rings. The van der Waals surface area contributed by atoms with E-state index in [2.05, 4.69) is 26.6 Å². The maximum absolute atomic E-state index is 12.7. The highest BCUT2D eigenvalue weighted by Gasteiger charge is 2.16. The van der Waals surface area contributed by atoms with Crippen molar-refractivity contribution in [3.63, 3.8) is 0 Å². The average molecular weight is 720 g/mol. The van der Waals surface area contributed by atoms with Crippen LogP contribution in [0.2, 0.25) is 10.0 Å². The van der Waals surface area contributed by atoms with Crippen LogP contribution in [0.3, 0.4) is 0 Å². The molecule has 0 aromatic heterocycles. The Balaban J connectivity index is 1.15. The van der Waals surface area contributed by atoms with Gasteiger partial charge >= 0.3 is 11.9 Å². The molecule has 0 bridgehead atoms. The van der Waals surface area contributed by atoms with Crippen molar-refractivity contribution >= 4 is 68.1 Å². The molecule has 45 heavy (non-hydrogen) atoms. The zero-order chi connectivity index (χ0) is 32.0. The Bertz CT molecular complexity index is 1410. The third-order valence-electron chi connectivity index (χ3n) is 8.07. The fourth-order valence-corrected chi connectivity index (χ4v) is 6.54. The number of hydrogen-bond acceptors (Lipinski definition) is 7. The van der Waals surface area contributed by atoms with E-state index in [9.17, 15) is 9.59 Å². The molecule has 4 rings (SSSR count). The molecule has 0 saturated heterocycles. The number of nitrogens with two attached hydrogens (primary N) is 1. The third-order valence-corrected chi connectivity index (χ3v) is 9.35. The molecule has 4 N–H and O–H groups in total. The molecule has 7 nitrogen and oxygen atoms in total. The van der Waals surface area contributed by atoms with Gasteiger partial charge in [0.25, 0.3) is 0 Å². The standard InChI is InChI=1S/C35H42BrCl2N3O4/c36-28-21-26(20-27(33(28)39)23-40-17-9-12-24-10-2-1-3-11-24)35(43)45-19-7-6-18-44-32(42)22-25-13-4-5-16-31(25)41-34-29(37)14-8-15-30(34)38/h4-5,8,13-16,20-21,24,40-41H,1-3,6-7,9-12,17-19,22-23,39H2. The van der Waals surface area contributed by atoms with E-state index in [0.29, 0.717) is 50.8 Å². The van der Waals surface area contributed by atoms with Crippen LogP contribution in [0.5, 0.6) is 0 Å². The lowest BCUT2D eigenvalue weighted by Gasteiger charge is -2.21. The molecular formula is C35H42BrCl2N3O4. The van der Waals surface area contributed by atoms with Gasteiger partial charge in [-0.25, -0.2) is 4.79 Å². The van der Waals surface area contributed by atoms with Gasteiger partial charge in [-0.05, 0) is 95.5 Å². The first-order valence-electron chi connectivity index (χ1n) is 15.7. The van der Waals surface area contributed by atoms with Crippen molar-refractivity contribution < 1.29 is 19.1 Å². The zero-order valence-electron chi connectivity index (χ0n) is 25.5. The molecule has 1 aliphatic carbocycles. The lowest BCUT2D eigenvalue weighted by molar-refractivity contribution is -0.143. The van der Waals surface area contributed by atoms with E-state index in [1.807, 2.05) is 24.3 Å². The summed E-state index contributed by atoms with van der Waals surface area (Å²) in [5.41, 5.74) is 10.3. The van der Waals surface area contributed by atoms with Crippen molar-refractivity contribution in [3.05, 3.63) is 85.8 Å². The minimum Gasteiger partial charge on any atom is -0.465 e. The predicted molar refractivity (Wildman–Crippen MR) is 186 cm³/mol. The molecule has 0 atom stereocenters.